The topological polar surface area (TPSA) is 65.1 Å². The maximum atomic E-state index is 13.3. The Kier molecular flexibility index (Phi) is 5.77. The Balaban J connectivity index is 1.91. The van der Waals surface area contributed by atoms with E-state index in [1.807, 2.05) is 0 Å². The van der Waals surface area contributed by atoms with Crippen molar-refractivity contribution in [3.8, 4) is 5.75 Å². The van der Waals surface area contributed by atoms with E-state index in [4.69, 9.17) is 14.2 Å². The number of nitrogens with zero attached hydrogens (tertiary/aromatic N) is 1. The van der Waals surface area contributed by atoms with Crippen molar-refractivity contribution < 1.29 is 37.0 Å². The quantitative estimate of drug-likeness (QED) is 0.430. The van der Waals surface area contributed by atoms with Crippen LogP contribution in [-0.4, -0.2) is 46.9 Å². The van der Waals surface area contributed by atoms with Gasteiger partial charge in [0.25, 0.3) is 0 Å². The summed E-state index contributed by atoms with van der Waals surface area (Å²) in [5.74, 6) is -0.580. The first-order chi connectivity index (χ1) is 14.5. The standard InChI is InChI=1S/C23H28F3NO5/c1-20(2,3)31-18(28)9-14-11-22(12-27(13-22)19(29)32-21(4,5)6)30-17-10-15(23(24,25)26)7-8-16(14)17/h7-10H,11-13H2,1-6H3/b14-9+. The highest BCUT2D eigenvalue weighted by Crippen LogP contribution is 2.46. The van der Waals surface area contributed by atoms with Crippen LogP contribution >= 0.6 is 0 Å². The van der Waals surface area contributed by atoms with Crippen molar-refractivity contribution in [2.45, 2.75) is 70.9 Å². The SMILES string of the molecule is CC(C)(C)OC(=O)/C=C1\CC2(CN(C(=O)OC(C)(C)C)C2)Oc2cc(C(F)(F)F)ccc21. The van der Waals surface area contributed by atoms with Gasteiger partial charge in [-0.15, -0.1) is 0 Å². The zero-order chi connectivity index (χ0) is 24.1. The molecule has 1 amide bonds. The molecule has 1 saturated heterocycles. The summed E-state index contributed by atoms with van der Waals surface area (Å²) in [5, 5.41) is 0. The van der Waals surface area contributed by atoms with Gasteiger partial charge in [0.15, 0.2) is 0 Å². The minimum absolute atomic E-state index is 0.0183. The Morgan fingerprint density at radius 2 is 1.62 bits per heavy atom. The predicted molar refractivity (Wildman–Crippen MR) is 111 cm³/mol. The molecule has 0 unspecified atom stereocenters. The molecule has 1 fully saturated rings. The summed E-state index contributed by atoms with van der Waals surface area (Å²) < 4.78 is 56.4. The van der Waals surface area contributed by atoms with Crippen LogP contribution in [0.15, 0.2) is 24.3 Å². The Labute approximate surface area is 185 Å². The first-order valence-electron chi connectivity index (χ1n) is 10.3. The number of carbonyl (C=O) groups excluding carboxylic acids is 2. The van der Waals surface area contributed by atoms with Crippen LogP contribution in [0.4, 0.5) is 18.0 Å². The molecule has 0 saturated carbocycles. The van der Waals surface area contributed by atoms with Crippen LogP contribution in [0.2, 0.25) is 0 Å². The van der Waals surface area contributed by atoms with Crippen LogP contribution in [0.5, 0.6) is 5.75 Å². The largest absolute Gasteiger partial charge is 0.483 e. The lowest BCUT2D eigenvalue weighted by molar-refractivity contribution is -0.148. The van der Waals surface area contributed by atoms with Gasteiger partial charge < -0.3 is 19.1 Å². The number of likely N-dealkylation sites (tertiary alicyclic amines) is 1. The molecule has 6 nitrogen and oxygen atoms in total. The minimum atomic E-state index is -4.54. The van der Waals surface area contributed by atoms with Gasteiger partial charge in [0, 0.05) is 18.1 Å². The number of halogens is 3. The number of hydrogen-bond donors (Lipinski definition) is 0. The molecule has 0 radical (unpaired) electrons. The number of alkyl halides is 3. The molecule has 32 heavy (non-hydrogen) atoms. The van der Waals surface area contributed by atoms with E-state index in [1.165, 1.54) is 17.0 Å². The van der Waals surface area contributed by atoms with Crippen molar-refractivity contribution >= 4 is 17.6 Å². The summed E-state index contributed by atoms with van der Waals surface area (Å²) in [4.78, 5) is 26.2. The fourth-order valence-electron chi connectivity index (χ4n) is 3.64. The van der Waals surface area contributed by atoms with Gasteiger partial charge in [0.1, 0.15) is 22.6 Å². The van der Waals surface area contributed by atoms with E-state index in [9.17, 15) is 22.8 Å². The van der Waals surface area contributed by atoms with Gasteiger partial charge in [-0.2, -0.15) is 13.2 Å². The van der Waals surface area contributed by atoms with E-state index in [1.54, 1.807) is 41.5 Å². The molecule has 0 atom stereocenters. The monoisotopic (exact) mass is 455 g/mol. The average molecular weight is 455 g/mol. The molecule has 2 aliphatic heterocycles. The third kappa shape index (κ3) is 5.55. The summed E-state index contributed by atoms with van der Waals surface area (Å²) >= 11 is 0. The van der Waals surface area contributed by atoms with Gasteiger partial charge in [0.2, 0.25) is 0 Å². The minimum Gasteiger partial charge on any atom is -0.483 e. The van der Waals surface area contributed by atoms with Crippen LogP contribution in [0.1, 0.15) is 59.1 Å². The fourth-order valence-corrected chi connectivity index (χ4v) is 3.64. The highest BCUT2D eigenvalue weighted by atomic mass is 19.4. The van der Waals surface area contributed by atoms with E-state index in [-0.39, 0.29) is 25.3 Å². The molecule has 3 rings (SSSR count). The lowest BCUT2D eigenvalue weighted by Crippen LogP contribution is -2.67. The van der Waals surface area contributed by atoms with Gasteiger partial charge in [-0.25, -0.2) is 9.59 Å². The van der Waals surface area contributed by atoms with Crippen molar-refractivity contribution in [3.63, 3.8) is 0 Å². The molecule has 0 aromatic heterocycles. The molecular formula is C23H28F3NO5. The summed E-state index contributed by atoms with van der Waals surface area (Å²) in [5.41, 5.74) is -2.30. The molecule has 176 valence electrons. The number of carbonyl (C=O) groups is 2. The summed E-state index contributed by atoms with van der Waals surface area (Å²) in [7, 11) is 0. The highest BCUT2D eigenvalue weighted by Gasteiger charge is 2.52. The predicted octanol–water partition coefficient (Wildman–Crippen LogP) is 5.20. The van der Waals surface area contributed by atoms with Gasteiger partial charge >= 0.3 is 18.2 Å². The van der Waals surface area contributed by atoms with E-state index in [0.717, 1.165) is 12.1 Å². The summed E-state index contributed by atoms with van der Waals surface area (Å²) in [6.07, 6.45) is -3.54. The fraction of sp³-hybridized carbons (Fsp3) is 0.565. The Bertz CT molecular complexity index is 948. The second kappa shape index (κ2) is 7.71. The third-order valence-corrected chi connectivity index (χ3v) is 4.80. The van der Waals surface area contributed by atoms with Gasteiger partial charge in [0.05, 0.1) is 18.7 Å². The van der Waals surface area contributed by atoms with E-state index < -0.39 is 40.6 Å². The van der Waals surface area contributed by atoms with Crippen molar-refractivity contribution in [1.82, 2.24) is 4.90 Å². The summed E-state index contributed by atoms with van der Waals surface area (Å²) in [6.45, 7) is 10.7. The summed E-state index contributed by atoms with van der Waals surface area (Å²) in [6, 6.07) is 3.18. The molecule has 1 aromatic carbocycles. The van der Waals surface area contributed by atoms with Crippen molar-refractivity contribution in [1.29, 1.82) is 0 Å². The first kappa shape index (κ1) is 23.9. The Morgan fingerprint density at radius 3 is 2.16 bits per heavy atom. The van der Waals surface area contributed by atoms with Crippen LogP contribution in [-0.2, 0) is 20.4 Å². The average Bonchev–Trinajstić information content (AvgIpc) is 2.54. The number of fused-ring (bicyclic) bond motifs is 1. The second-order valence-electron chi connectivity index (χ2n) is 10.2. The number of esters is 1. The van der Waals surface area contributed by atoms with E-state index in [0.29, 0.717) is 11.1 Å². The Morgan fingerprint density at radius 1 is 1.03 bits per heavy atom. The molecule has 0 N–H and O–H groups in total. The number of rotatable bonds is 1. The Hall–Kier alpha value is -2.71. The zero-order valence-corrected chi connectivity index (χ0v) is 19.1. The van der Waals surface area contributed by atoms with Gasteiger partial charge in [-0.3, -0.25) is 0 Å². The first-order valence-corrected chi connectivity index (χ1v) is 10.3. The zero-order valence-electron chi connectivity index (χ0n) is 19.1. The van der Waals surface area contributed by atoms with Crippen LogP contribution in [0.3, 0.4) is 0 Å². The lowest BCUT2D eigenvalue weighted by Gasteiger charge is -2.51. The highest BCUT2D eigenvalue weighted by molar-refractivity contribution is 5.93. The number of benzene rings is 1. The smallest absolute Gasteiger partial charge is 0.416 e. The molecule has 1 aromatic rings. The molecule has 2 aliphatic rings. The second-order valence-corrected chi connectivity index (χ2v) is 10.2. The molecular weight excluding hydrogens is 427 g/mol. The normalized spacial score (nSPS) is 19.2. The van der Waals surface area contributed by atoms with Gasteiger partial charge in [-0.1, -0.05) is 6.07 Å². The third-order valence-electron chi connectivity index (χ3n) is 4.80. The van der Waals surface area contributed by atoms with Crippen molar-refractivity contribution in [2.24, 2.45) is 0 Å². The molecule has 9 heteroatoms. The molecule has 0 aliphatic carbocycles. The van der Waals surface area contributed by atoms with Crippen LogP contribution in [0.25, 0.3) is 5.57 Å². The number of hydrogen-bond acceptors (Lipinski definition) is 5. The van der Waals surface area contributed by atoms with Crippen molar-refractivity contribution in [3.05, 3.63) is 35.4 Å². The molecule has 2 heterocycles. The van der Waals surface area contributed by atoms with E-state index in [2.05, 4.69) is 0 Å². The number of ether oxygens (including phenoxy) is 3. The van der Waals surface area contributed by atoms with Crippen LogP contribution in [0, 0.1) is 0 Å². The van der Waals surface area contributed by atoms with Gasteiger partial charge in [-0.05, 0) is 59.2 Å². The van der Waals surface area contributed by atoms with Crippen LogP contribution < -0.4 is 4.74 Å². The van der Waals surface area contributed by atoms with E-state index >= 15 is 0 Å². The number of amides is 1. The lowest BCUT2D eigenvalue weighted by atomic mass is 9.81. The molecule has 1 spiro atoms. The van der Waals surface area contributed by atoms with Crippen molar-refractivity contribution in [2.75, 3.05) is 13.1 Å². The molecule has 0 bridgehead atoms. The maximum absolute atomic E-state index is 13.3. The maximum Gasteiger partial charge on any atom is 0.416 e.